The minimum Gasteiger partial charge on any atom is -0.444 e. The van der Waals surface area contributed by atoms with Gasteiger partial charge in [0, 0.05) is 24.1 Å². The van der Waals surface area contributed by atoms with E-state index in [1.54, 1.807) is 45.0 Å². The predicted octanol–water partition coefficient (Wildman–Crippen LogP) is 4.71. The quantitative estimate of drug-likeness (QED) is 0.384. The Labute approximate surface area is 231 Å². The first-order valence-electron chi connectivity index (χ1n) is 13.3. The van der Waals surface area contributed by atoms with Gasteiger partial charge in [0.2, 0.25) is 5.91 Å². The van der Waals surface area contributed by atoms with Gasteiger partial charge < -0.3 is 15.4 Å². The molecule has 3 rings (SSSR count). The molecule has 0 bridgehead atoms. The van der Waals surface area contributed by atoms with Crippen LogP contribution in [0, 0.1) is 24.8 Å². The summed E-state index contributed by atoms with van der Waals surface area (Å²) in [5.74, 6) is 1.58. The summed E-state index contributed by atoms with van der Waals surface area (Å²) in [5, 5.41) is 5.77. The maximum Gasteiger partial charge on any atom is 0.408 e. The molecule has 3 amide bonds. The largest absolute Gasteiger partial charge is 0.444 e. The Morgan fingerprint density at radius 3 is 2.21 bits per heavy atom. The fourth-order valence-corrected chi connectivity index (χ4v) is 4.64. The molecule has 7 nitrogen and oxygen atoms in total. The standard InChI is InChI=1S/C32H37N3O4/c1-6-23-18-20-25(21-19-23)28(29(36)33-26-16-12-9-13-17-26)35(7-2)30(37)27(22-24-14-10-8-11-15-24)34-31(38)39-32(3,4)5/h1-2,8,10-11,14-15,18-21,26-28H,9,12-13,16-17,22H2,3-5H3,(H,33,36)(H,34,38). The Morgan fingerprint density at radius 2 is 1.64 bits per heavy atom. The van der Waals surface area contributed by atoms with Crippen LogP contribution in [0.1, 0.15) is 75.6 Å². The highest BCUT2D eigenvalue weighted by molar-refractivity contribution is 5.93. The smallest absolute Gasteiger partial charge is 0.408 e. The zero-order chi connectivity index (χ0) is 28.4. The predicted molar refractivity (Wildman–Crippen MR) is 151 cm³/mol. The van der Waals surface area contributed by atoms with Crippen molar-refractivity contribution in [1.82, 2.24) is 15.5 Å². The van der Waals surface area contributed by atoms with Crippen LogP contribution in [0.25, 0.3) is 0 Å². The highest BCUT2D eigenvalue weighted by atomic mass is 16.6. The third-order valence-electron chi connectivity index (χ3n) is 6.50. The highest BCUT2D eigenvalue weighted by Crippen LogP contribution is 2.25. The first-order valence-corrected chi connectivity index (χ1v) is 13.3. The van der Waals surface area contributed by atoms with E-state index >= 15 is 0 Å². The van der Waals surface area contributed by atoms with E-state index in [2.05, 4.69) is 22.6 Å². The van der Waals surface area contributed by atoms with Crippen LogP contribution in [0.4, 0.5) is 4.79 Å². The molecule has 7 heteroatoms. The van der Waals surface area contributed by atoms with Gasteiger partial charge in [-0.05, 0) is 56.9 Å². The number of nitrogens with one attached hydrogen (secondary N) is 2. The van der Waals surface area contributed by atoms with Crippen molar-refractivity contribution in [2.75, 3.05) is 0 Å². The fourth-order valence-electron chi connectivity index (χ4n) is 4.64. The molecule has 2 aromatic rings. The van der Waals surface area contributed by atoms with Crippen LogP contribution in [0.3, 0.4) is 0 Å². The van der Waals surface area contributed by atoms with Crippen LogP contribution in [-0.4, -0.2) is 40.5 Å². The molecule has 0 radical (unpaired) electrons. The summed E-state index contributed by atoms with van der Waals surface area (Å²) in [5.41, 5.74) is 1.20. The molecule has 2 atom stereocenters. The van der Waals surface area contributed by atoms with Crippen molar-refractivity contribution in [2.24, 2.45) is 0 Å². The monoisotopic (exact) mass is 527 g/mol. The van der Waals surface area contributed by atoms with E-state index in [1.807, 2.05) is 30.3 Å². The van der Waals surface area contributed by atoms with Gasteiger partial charge in [-0.3, -0.25) is 14.5 Å². The maximum absolute atomic E-state index is 14.0. The topological polar surface area (TPSA) is 87.7 Å². The summed E-state index contributed by atoms with van der Waals surface area (Å²) >= 11 is 0. The summed E-state index contributed by atoms with van der Waals surface area (Å²) in [7, 11) is 0. The SMILES string of the molecule is C#Cc1ccc(C(C(=O)NC2CCCCC2)N(C#C)C(=O)C(Cc2ccccc2)NC(=O)OC(C)(C)C)cc1. The molecule has 2 unspecified atom stereocenters. The number of carbonyl (C=O) groups excluding carboxylic acids is 3. The second-order valence-corrected chi connectivity index (χ2v) is 10.7. The lowest BCUT2D eigenvalue weighted by Crippen LogP contribution is -2.53. The number of alkyl carbamates (subject to hydrolysis) is 1. The van der Waals surface area contributed by atoms with E-state index in [-0.39, 0.29) is 18.4 Å². The number of amides is 3. The van der Waals surface area contributed by atoms with Gasteiger partial charge in [0.15, 0.2) is 0 Å². The number of rotatable bonds is 8. The minimum absolute atomic E-state index is 0.00784. The van der Waals surface area contributed by atoms with Crippen molar-refractivity contribution in [3.8, 4) is 24.8 Å². The lowest BCUT2D eigenvalue weighted by atomic mass is 9.94. The summed E-state index contributed by atoms with van der Waals surface area (Å²) in [6, 6.07) is 16.3. The fraction of sp³-hybridized carbons (Fsp3) is 0.406. The van der Waals surface area contributed by atoms with Gasteiger partial charge in [0.25, 0.3) is 5.91 Å². The number of nitrogens with zero attached hydrogens (tertiary/aromatic N) is 1. The van der Waals surface area contributed by atoms with Crippen molar-refractivity contribution in [1.29, 1.82) is 0 Å². The Hall–Kier alpha value is -4.23. The van der Waals surface area contributed by atoms with Crippen molar-refractivity contribution in [3.05, 3.63) is 71.3 Å². The van der Waals surface area contributed by atoms with E-state index < -0.39 is 29.7 Å². The molecule has 2 aromatic carbocycles. The van der Waals surface area contributed by atoms with E-state index in [9.17, 15) is 14.4 Å². The first kappa shape index (κ1) is 29.3. The normalized spacial score (nSPS) is 15.1. The third kappa shape index (κ3) is 8.65. The molecule has 2 N–H and O–H groups in total. The Kier molecular flexibility index (Phi) is 10.2. The minimum atomic E-state index is -1.12. The van der Waals surface area contributed by atoms with Crippen molar-refractivity contribution in [2.45, 2.75) is 83.0 Å². The summed E-state index contributed by atoms with van der Waals surface area (Å²) in [4.78, 5) is 41.5. The molecule has 0 heterocycles. The zero-order valence-corrected chi connectivity index (χ0v) is 22.9. The Bertz CT molecular complexity index is 1210. The number of ether oxygens (including phenoxy) is 1. The average Bonchev–Trinajstić information content (AvgIpc) is 2.91. The highest BCUT2D eigenvalue weighted by Gasteiger charge is 2.36. The molecule has 1 saturated carbocycles. The number of terminal acetylenes is 2. The summed E-state index contributed by atoms with van der Waals surface area (Å²) in [6.07, 6.45) is 15.8. The van der Waals surface area contributed by atoms with E-state index in [4.69, 9.17) is 17.6 Å². The Balaban J connectivity index is 1.96. The van der Waals surface area contributed by atoms with E-state index in [1.165, 1.54) is 0 Å². The van der Waals surface area contributed by atoms with Gasteiger partial charge >= 0.3 is 6.09 Å². The average molecular weight is 528 g/mol. The molecular formula is C32H37N3O4. The molecule has 204 valence electrons. The van der Waals surface area contributed by atoms with E-state index in [0.29, 0.717) is 11.1 Å². The van der Waals surface area contributed by atoms with Crippen molar-refractivity contribution >= 4 is 17.9 Å². The van der Waals surface area contributed by atoms with Crippen molar-refractivity contribution < 1.29 is 19.1 Å². The van der Waals surface area contributed by atoms with Gasteiger partial charge in [0.05, 0.1) is 0 Å². The van der Waals surface area contributed by atoms with Crippen LogP contribution in [0.15, 0.2) is 54.6 Å². The number of benzene rings is 2. The molecule has 0 aliphatic heterocycles. The molecule has 1 fully saturated rings. The summed E-state index contributed by atoms with van der Waals surface area (Å²) < 4.78 is 5.42. The zero-order valence-electron chi connectivity index (χ0n) is 22.9. The second-order valence-electron chi connectivity index (χ2n) is 10.7. The van der Waals surface area contributed by atoms with Crippen LogP contribution >= 0.6 is 0 Å². The van der Waals surface area contributed by atoms with Gasteiger partial charge in [-0.25, -0.2) is 4.79 Å². The Morgan fingerprint density at radius 1 is 1.00 bits per heavy atom. The van der Waals surface area contributed by atoms with Gasteiger partial charge in [-0.1, -0.05) is 74.1 Å². The molecule has 1 aliphatic carbocycles. The lowest BCUT2D eigenvalue weighted by molar-refractivity contribution is -0.139. The molecule has 39 heavy (non-hydrogen) atoms. The van der Waals surface area contributed by atoms with Gasteiger partial charge in [-0.15, -0.1) is 6.42 Å². The number of carbonyl (C=O) groups is 3. The molecule has 0 saturated heterocycles. The third-order valence-corrected chi connectivity index (χ3v) is 6.50. The molecule has 0 spiro atoms. The lowest BCUT2D eigenvalue weighted by Gasteiger charge is -2.32. The molecule has 1 aliphatic rings. The van der Waals surface area contributed by atoms with Crippen LogP contribution in [0.2, 0.25) is 0 Å². The number of hydrogen-bond donors (Lipinski definition) is 2. The number of hydrogen-bond acceptors (Lipinski definition) is 4. The summed E-state index contributed by atoms with van der Waals surface area (Å²) in [6.45, 7) is 5.21. The molecular weight excluding hydrogens is 490 g/mol. The first-order chi connectivity index (χ1) is 18.6. The van der Waals surface area contributed by atoms with Gasteiger partial charge in [-0.2, -0.15) is 0 Å². The molecule has 0 aromatic heterocycles. The van der Waals surface area contributed by atoms with Crippen LogP contribution in [-0.2, 0) is 20.7 Å². The maximum atomic E-state index is 14.0. The second kappa shape index (κ2) is 13.5. The van der Waals surface area contributed by atoms with Crippen LogP contribution < -0.4 is 10.6 Å². The van der Waals surface area contributed by atoms with Crippen molar-refractivity contribution in [3.63, 3.8) is 0 Å². The van der Waals surface area contributed by atoms with E-state index in [0.717, 1.165) is 42.6 Å². The van der Waals surface area contributed by atoms with Crippen LogP contribution in [0.5, 0.6) is 0 Å². The van der Waals surface area contributed by atoms with Gasteiger partial charge in [0.1, 0.15) is 17.7 Å².